The third-order valence-electron chi connectivity index (χ3n) is 4.88. The zero-order valence-corrected chi connectivity index (χ0v) is 17.0. The zero-order valence-electron chi connectivity index (χ0n) is 17.0. The van der Waals surface area contributed by atoms with Gasteiger partial charge in [-0.2, -0.15) is 0 Å². The summed E-state index contributed by atoms with van der Waals surface area (Å²) in [6.07, 6.45) is 3.12. The van der Waals surface area contributed by atoms with E-state index in [0.29, 0.717) is 33.9 Å². The van der Waals surface area contributed by atoms with E-state index in [1.807, 2.05) is 0 Å². The molecule has 0 bridgehead atoms. The molecule has 30 heavy (non-hydrogen) atoms. The molecular weight excluding hydrogens is 384 g/mol. The Kier molecular flexibility index (Phi) is 6.01. The number of aromatic nitrogens is 3. The van der Waals surface area contributed by atoms with Gasteiger partial charge in [-0.3, -0.25) is 14.4 Å². The number of H-pyrrole nitrogens is 1. The van der Waals surface area contributed by atoms with E-state index >= 15 is 0 Å². The summed E-state index contributed by atoms with van der Waals surface area (Å²) in [6, 6.07) is 8.41. The summed E-state index contributed by atoms with van der Waals surface area (Å²) in [6.45, 7) is 5.36. The monoisotopic (exact) mass is 408 g/mol. The summed E-state index contributed by atoms with van der Waals surface area (Å²) in [5.41, 5.74) is 10.7. The number of carbonyl (C=O) groups is 1. The van der Waals surface area contributed by atoms with Gasteiger partial charge in [-0.15, -0.1) is 0 Å². The molecular formula is C21H24N6O3. The Hall–Kier alpha value is -3.88. The van der Waals surface area contributed by atoms with Crippen molar-refractivity contribution in [2.45, 2.75) is 33.2 Å². The molecule has 0 aliphatic rings. The number of carbonyl (C=O) groups excluding carboxylic acids is 1. The Morgan fingerprint density at radius 3 is 2.70 bits per heavy atom. The van der Waals surface area contributed by atoms with Gasteiger partial charge in [0.2, 0.25) is 5.91 Å². The van der Waals surface area contributed by atoms with E-state index < -0.39 is 5.92 Å². The van der Waals surface area contributed by atoms with Crippen molar-refractivity contribution in [2.75, 3.05) is 16.5 Å². The van der Waals surface area contributed by atoms with Crippen molar-refractivity contribution in [1.29, 1.82) is 0 Å². The standard InChI is InChI=1S/C21H24N6O3/c1-12-8-10-27(24-11-15-5-4-9-23-20(15)29)21(30)18(12)13(2)19(28)26-16-6-7-17(22)25-14(16)3/h4-10,13,24H,11H2,1-3H3,(H2,22,25)(H,23,29)(H,26,28). The second-order valence-electron chi connectivity index (χ2n) is 7.03. The fraction of sp³-hybridized carbons (Fsp3) is 0.238. The number of anilines is 2. The number of hydrogen-bond acceptors (Lipinski definition) is 6. The molecule has 3 aromatic rings. The first-order valence-corrected chi connectivity index (χ1v) is 9.44. The van der Waals surface area contributed by atoms with Crippen LogP contribution in [0.2, 0.25) is 0 Å². The molecule has 5 N–H and O–H groups in total. The van der Waals surface area contributed by atoms with Crippen molar-refractivity contribution in [2.24, 2.45) is 0 Å². The number of aromatic amines is 1. The van der Waals surface area contributed by atoms with Crippen LogP contribution in [0.25, 0.3) is 0 Å². The summed E-state index contributed by atoms with van der Waals surface area (Å²) in [7, 11) is 0. The lowest BCUT2D eigenvalue weighted by atomic mass is 9.97. The molecule has 0 fully saturated rings. The van der Waals surface area contributed by atoms with Crippen molar-refractivity contribution in [1.82, 2.24) is 14.6 Å². The van der Waals surface area contributed by atoms with Crippen LogP contribution >= 0.6 is 0 Å². The molecule has 1 unspecified atom stereocenters. The average molecular weight is 408 g/mol. The largest absolute Gasteiger partial charge is 0.384 e. The van der Waals surface area contributed by atoms with Gasteiger partial charge in [0.15, 0.2) is 0 Å². The number of nitrogens with one attached hydrogen (secondary N) is 3. The lowest BCUT2D eigenvalue weighted by molar-refractivity contribution is -0.117. The molecule has 0 aliphatic heterocycles. The van der Waals surface area contributed by atoms with Gasteiger partial charge in [-0.1, -0.05) is 6.07 Å². The normalized spacial score (nSPS) is 11.7. The lowest BCUT2D eigenvalue weighted by Crippen LogP contribution is -2.35. The maximum absolute atomic E-state index is 13.0. The van der Waals surface area contributed by atoms with Crippen molar-refractivity contribution >= 4 is 17.4 Å². The number of amides is 1. The van der Waals surface area contributed by atoms with Gasteiger partial charge in [-0.05, 0) is 50.6 Å². The first-order valence-electron chi connectivity index (χ1n) is 9.44. The highest BCUT2D eigenvalue weighted by atomic mass is 16.2. The van der Waals surface area contributed by atoms with Crippen LogP contribution in [0.15, 0.2) is 52.3 Å². The van der Waals surface area contributed by atoms with E-state index in [1.165, 1.54) is 4.68 Å². The van der Waals surface area contributed by atoms with E-state index in [9.17, 15) is 14.4 Å². The smallest absolute Gasteiger partial charge is 0.273 e. The van der Waals surface area contributed by atoms with Gasteiger partial charge in [0, 0.05) is 23.5 Å². The van der Waals surface area contributed by atoms with Crippen LogP contribution in [0.5, 0.6) is 0 Å². The molecule has 0 spiro atoms. The number of nitrogen functional groups attached to an aromatic ring is 1. The van der Waals surface area contributed by atoms with Gasteiger partial charge in [-0.25, -0.2) is 9.66 Å². The maximum Gasteiger partial charge on any atom is 0.273 e. The number of nitrogens with zero attached hydrogens (tertiary/aromatic N) is 2. The number of pyridine rings is 3. The fourth-order valence-electron chi connectivity index (χ4n) is 3.14. The number of aryl methyl sites for hydroxylation is 2. The maximum atomic E-state index is 13.0. The molecule has 3 aromatic heterocycles. The Balaban J connectivity index is 1.83. The number of hydrogen-bond donors (Lipinski definition) is 4. The molecule has 156 valence electrons. The highest BCUT2D eigenvalue weighted by Crippen LogP contribution is 2.20. The third kappa shape index (κ3) is 4.40. The molecule has 9 nitrogen and oxygen atoms in total. The Labute approximate surface area is 172 Å². The number of rotatable bonds is 6. The minimum atomic E-state index is -0.705. The summed E-state index contributed by atoms with van der Waals surface area (Å²) in [5, 5.41) is 2.80. The predicted octanol–water partition coefficient (Wildman–Crippen LogP) is 1.62. The molecule has 9 heteroatoms. The molecule has 1 atom stereocenters. The zero-order chi connectivity index (χ0) is 21.8. The van der Waals surface area contributed by atoms with Gasteiger partial charge in [0.25, 0.3) is 11.1 Å². The number of nitrogens with two attached hydrogens (primary N) is 1. The van der Waals surface area contributed by atoms with Crippen LogP contribution in [-0.2, 0) is 11.3 Å². The van der Waals surface area contributed by atoms with E-state index in [0.717, 1.165) is 0 Å². The highest BCUT2D eigenvalue weighted by molar-refractivity contribution is 5.96. The topological polar surface area (TPSA) is 135 Å². The molecule has 0 saturated heterocycles. The predicted molar refractivity (Wildman–Crippen MR) is 116 cm³/mol. The minimum Gasteiger partial charge on any atom is -0.384 e. The SMILES string of the molecule is Cc1ccn(NCc2ccc[nH]c2=O)c(=O)c1C(C)C(=O)Nc1ccc(N)nc1C. The fourth-order valence-corrected chi connectivity index (χ4v) is 3.14. The average Bonchev–Trinajstić information content (AvgIpc) is 2.70. The third-order valence-corrected chi connectivity index (χ3v) is 4.88. The highest BCUT2D eigenvalue weighted by Gasteiger charge is 2.22. The van der Waals surface area contributed by atoms with Crippen LogP contribution in [0.1, 0.15) is 35.2 Å². The second-order valence-corrected chi connectivity index (χ2v) is 7.03. The van der Waals surface area contributed by atoms with Crippen molar-refractivity contribution < 1.29 is 4.79 Å². The first kappa shape index (κ1) is 20.8. The summed E-state index contributed by atoms with van der Waals surface area (Å²) in [4.78, 5) is 44.3. The van der Waals surface area contributed by atoms with Gasteiger partial charge in [0.1, 0.15) is 5.82 Å². The Bertz CT molecular complexity index is 1200. The summed E-state index contributed by atoms with van der Waals surface area (Å²) >= 11 is 0. The van der Waals surface area contributed by atoms with Crippen molar-refractivity contribution in [3.63, 3.8) is 0 Å². The van der Waals surface area contributed by atoms with Crippen LogP contribution in [-0.4, -0.2) is 20.6 Å². The summed E-state index contributed by atoms with van der Waals surface area (Å²) < 4.78 is 1.29. The van der Waals surface area contributed by atoms with E-state index in [1.54, 1.807) is 63.5 Å². The van der Waals surface area contributed by atoms with Gasteiger partial charge >= 0.3 is 0 Å². The second kappa shape index (κ2) is 8.64. The van der Waals surface area contributed by atoms with E-state index in [4.69, 9.17) is 5.73 Å². The molecule has 0 aromatic carbocycles. The molecule has 3 rings (SSSR count). The van der Waals surface area contributed by atoms with Crippen molar-refractivity contribution in [3.05, 3.63) is 85.8 Å². The van der Waals surface area contributed by atoms with E-state index in [2.05, 4.69) is 20.7 Å². The lowest BCUT2D eigenvalue weighted by Gasteiger charge is -2.17. The minimum absolute atomic E-state index is 0.162. The van der Waals surface area contributed by atoms with Crippen LogP contribution in [0.3, 0.4) is 0 Å². The summed E-state index contributed by atoms with van der Waals surface area (Å²) in [5.74, 6) is -0.672. The first-order chi connectivity index (χ1) is 14.3. The van der Waals surface area contributed by atoms with Crippen molar-refractivity contribution in [3.8, 4) is 0 Å². The van der Waals surface area contributed by atoms with Crippen LogP contribution < -0.4 is 27.6 Å². The van der Waals surface area contributed by atoms with Crippen LogP contribution in [0.4, 0.5) is 11.5 Å². The molecule has 0 radical (unpaired) electrons. The Morgan fingerprint density at radius 1 is 1.23 bits per heavy atom. The van der Waals surface area contributed by atoms with Crippen LogP contribution in [0, 0.1) is 13.8 Å². The van der Waals surface area contributed by atoms with Gasteiger partial charge in [0.05, 0.1) is 23.8 Å². The molecule has 1 amide bonds. The molecule has 0 saturated carbocycles. The molecule has 3 heterocycles. The quantitative estimate of drug-likeness (QED) is 0.489. The Morgan fingerprint density at radius 2 is 2.00 bits per heavy atom. The van der Waals surface area contributed by atoms with Gasteiger partial charge < -0.3 is 21.5 Å². The molecule has 0 aliphatic carbocycles. The van der Waals surface area contributed by atoms with E-state index in [-0.39, 0.29) is 23.6 Å².